The van der Waals surface area contributed by atoms with E-state index in [0.717, 1.165) is 17.9 Å². The van der Waals surface area contributed by atoms with E-state index in [9.17, 15) is 0 Å². The molecule has 0 spiro atoms. The third kappa shape index (κ3) is 3.80. The van der Waals surface area contributed by atoms with Crippen molar-refractivity contribution in [3.8, 4) is 0 Å². The molecule has 3 heterocycles. The molecule has 0 amide bonds. The summed E-state index contributed by atoms with van der Waals surface area (Å²) in [6.45, 7) is 11.1. The van der Waals surface area contributed by atoms with Crippen molar-refractivity contribution in [2.75, 3.05) is 10.2 Å². The molecule has 0 aliphatic carbocycles. The van der Waals surface area contributed by atoms with E-state index in [1.807, 2.05) is 18.5 Å². The number of rotatable bonds is 4. The molecule has 3 aromatic rings. The number of hydrogen-bond acceptors (Lipinski definition) is 3. The Bertz CT molecular complexity index is 1010. The first-order valence-corrected chi connectivity index (χ1v) is 10.3. The van der Waals surface area contributed by atoms with Crippen LogP contribution in [0.4, 0.5) is 11.5 Å². The molecular formula is C25H30N4. The summed E-state index contributed by atoms with van der Waals surface area (Å²) in [6, 6.07) is 15.1. The number of pyridine rings is 1. The highest BCUT2D eigenvalue weighted by Crippen LogP contribution is 2.40. The Hall–Kier alpha value is -3.01. The molecule has 2 aromatic heterocycles. The molecule has 1 atom stereocenters. The highest BCUT2D eigenvalue weighted by atomic mass is 15.3. The first kappa shape index (κ1) is 19.3. The van der Waals surface area contributed by atoms with Gasteiger partial charge in [0.2, 0.25) is 0 Å². The zero-order chi connectivity index (χ0) is 20.6. The molecule has 150 valence electrons. The van der Waals surface area contributed by atoms with Crippen molar-refractivity contribution in [3.05, 3.63) is 89.6 Å². The van der Waals surface area contributed by atoms with Crippen LogP contribution in [0.15, 0.2) is 73.0 Å². The molecule has 29 heavy (non-hydrogen) atoms. The van der Waals surface area contributed by atoms with Crippen LogP contribution >= 0.6 is 0 Å². The van der Waals surface area contributed by atoms with Crippen LogP contribution in [0, 0.1) is 6.92 Å². The van der Waals surface area contributed by atoms with Gasteiger partial charge >= 0.3 is 0 Å². The van der Waals surface area contributed by atoms with E-state index < -0.39 is 0 Å². The van der Waals surface area contributed by atoms with Crippen molar-refractivity contribution in [2.24, 2.45) is 0 Å². The Balaban J connectivity index is 1.79. The summed E-state index contributed by atoms with van der Waals surface area (Å²) < 4.78 is 2.39. The minimum Gasteiger partial charge on any atom is -0.342 e. The van der Waals surface area contributed by atoms with E-state index >= 15 is 0 Å². The maximum Gasteiger partial charge on any atom is 0.118 e. The molecule has 0 radical (unpaired) electrons. The first-order chi connectivity index (χ1) is 13.8. The average molecular weight is 387 g/mol. The zero-order valence-electron chi connectivity index (χ0n) is 18.0. The number of allylic oxidation sites excluding steroid dienone is 1. The summed E-state index contributed by atoms with van der Waals surface area (Å²) in [7, 11) is 0. The highest BCUT2D eigenvalue weighted by Gasteiger charge is 2.31. The first-order valence-electron chi connectivity index (χ1n) is 10.3. The van der Waals surface area contributed by atoms with Gasteiger partial charge in [-0.15, -0.1) is 0 Å². The van der Waals surface area contributed by atoms with Crippen LogP contribution < -0.4 is 10.2 Å². The lowest BCUT2D eigenvalue weighted by atomic mass is 10.0. The number of aromatic nitrogens is 2. The highest BCUT2D eigenvalue weighted by molar-refractivity contribution is 5.64. The lowest BCUT2D eigenvalue weighted by Gasteiger charge is -2.40. The maximum absolute atomic E-state index is 4.36. The van der Waals surface area contributed by atoms with Gasteiger partial charge in [-0.05, 0) is 82.5 Å². The number of anilines is 2. The summed E-state index contributed by atoms with van der Waals surface area (Å²) in [5.74, 6) is 2.37. The van der Waals surface area contributed by atoms with Crippen molar-refractivity contribution in [1.82, 2.24) is 9.55 Å². The molecule has 4 heteroatoms. The van der Waals surface area contributed by atoms with Gasteiger partial charge in [-0.25, -0.2) is 0 Å². The minimum absolute atomic E-state index is 0.00714. The Morgan fingerprint density at radius 1 is 1.07 bits per heavy atom. The fourth-order valence-corrected chi connectivity index (χ4v) is 3.92. The zero-order valence-corrected chi connectivity index (χ0v) is 18.0. The largest absolute Gasteiger partial charge is 0.342 e. The van der Waals surface area contributed by atoms with Crippen LogP contribution in [-0.2, 0) is 12.0 Å². The number of fused-ring (bicyclic) bond motifs is 1. The quantitative estimate of drug-likeness (QED) is 0.595. The van der Waals surface area contributed by atoms with Crippen LogP contribution in [0.3, 0.4) is 0 Å². The molecule has 1 N–H and O–H groups in total. The van der Waals surface area contributed by atoms with Gasteiger partial charge < -0.3 is 14.8 Å². The third-order valence-electron chi connectivity index (χ3n) is 5.54. The standard InChI is InChI=1S/C25H30N4/c1-18-8-11-22(12-9-18)27-23-13-10-20-14-16-28(25(3,4)5)24(20)29(23)19(2)21-7-6-15-26-17-21/h6-9,11-17,19,27H,10H2,1-5H3. The van der Waals surface area contributed by atoms with Gasteiger partial charge in [0.05, 0.1) is 6.04 Å². The van der Waals surface area contributed by atoms with Crippen molar-refractivity contribution < 1.29 is 0 Å². The van der Waals surface area contributed by atoms with Crippen LogP contribution in [-0.4, -0.2) is 9.55 Å². The molecule has 4 nitrogen and oxygen atoms in total. The molecule has 1 aromatic carbocycles. The Morgan fingerprint density at radius 3 is 2.48 bits per heavy atom. The fourth-order valence-electron chi connectivity index (χ4n) is 3.92. The average Bonchev–Trinajstić information content (AvgIpc) is 3.14. The van der Waals surface area contributed by atoms with Gasteiger partial charge in [0, 0.05) is 29.8 Å². The van der Waals surface area contributed by atoms with Gasteiger partial charge in [-0.1, -0.05) is 23.8 Å². The number of nitrogens with one attached hydrogen (secondary N) is 1. The molecule has 1 unspecified atom stereocenters. The number of benzene rings is 1. The minimum atomic E-state index is -0.00714. The molecule has 0 saturated heterocycles. The second-order valence-electron chi connectivity index (χ2n) is 8.82. The fraction of sp³-hybridized carbons (Fsp3) is 0.320. The maximum atomic E-state index is 4.36. The van der Waals surface area contributed by atoms with E-state index in [1.165, 1.54) is 22.5 Å². The molecule has 0 bridgehead atoms. The van der Waals surface area contributed by atoms with E-state index in [4.69, 9.17) is 0 Å². The van der Waals surface area contributed by atoms with Gasteiger partial charge in [-0.2, -0.15) is 0 Å². The Labute approximate surface area is 173 Å². The van der Waals surface area contributed by atoms with Crippen LogP contribution in [0.1, 0.15) is 50.4 Å². The molecule has 0 saturated carbocycles. The molecule has 4 rings (SSSR count). The normalized spacial score (nSPS) is 14.9. The van der Waals surface area contributed by atoms with Gasteiger partial charge in [0.1, 0.15) is 11.6 Å². The molecule has 1 aliphatic rings. The lowest BCUT2D eigenvalue weighted by molar-refractivity contribution is 0.396. The number of hydrogen-bond donors (Lipinski definition) is 1. The van der Waals surface area contributed by atoms with Crippen molar-refractivity contribution in [2.45, 2.75) is 52.6 Å². The van der Waals surface area contributed by atoms with E-state index in [-0.39, 0.29) is 11.6 Å². The van der Waals surface area contributed by atoms with E-state index in [1.54, 1.807) is 0 Å². The van der Waals surface area contributed by atoms with E-state index in [2.05, 4.69) is 103 Å². The molecule has 0 fully saturated rings. The summed E-state index contributed by atoms with van der Waals surface area (Å²) in [4.78, 5) is 6.78. The van der Waals surface area contributed by atoms with Gasteiger partial charge in [0.25, 0.3) is 0 Å². The number of nitrogens with zero attached hydrogens (tertiary/aromatic N) is 3. The Kier molecular flexibility index (Phi) is 4.95. The van der Waals surface area contributed by atoms with Crippen molar-refractivity contribution in [3.63, 3.8) is 0 Å². The van der Waals surface area contributed by atoms with E-state index in [0.29, 0.717) is 0 Å². The van der Waals surface area contributed by atoms with Crippen LogP contribution in [0.25, 0.3) is 0 Å². The second kappa shape index (κ2) is 7.43. The molecular weight excluding hydrogens is 356 g/mol. The topological polar surface area (TPSA) is 33.1 Å². The third-order valence-corrected chi connectivity index (χ3v) is 5.54. The summed E-state index contributed by atoms with van der Waals surface area (Å²) >= 11 is 0. The lowest BCUT2D eigenvalue weighted by Crippen LogP contribution is -2.37. The Morgan fingerprint density at radius 2 is 1.83 bits per heavy atom. The monoisotopic (exact) mass is 386 g/mol. The molecule has 1 aliphatic heterocycles. The predicted molar refractivity (Wildman–Crippen MR) is 121 cm³/mol. The summed E-state index contributed by atoms with van der Waals surface area (Å²) in [5, 5.41) is 3.67. The summed E-state index contributed by atoms with van der Waals surface area (Å²) in [6.07, 6.45) is 9.23. The van der Waals surface area contributed by atoms with Crippen LogP contribution in [0.2, 0.25) is 0 Å². The van der Waals surface area contributed by atoms with Crippen LogP contribution in [0.5, 0.6) is 0 Å². The van der Waals surface area contributed by atoms with Crippen molar-refractivity contribution >= 4 is 11.5 Å². The summed E-state index contributed by atoms with van der Waals surface area (Å²) in [5.41, 5.74) is 4.90. The van der Waals surface area contributed by atoms with Crippen molar-refractivity contribution in [1.29, 1.82) is 0 Å². The van der Waals surface area contributed by atoms with Gasteiger partial charge in [-0.3, -0.25) is 4.98 Å². The number of aryl methyl sites for hydroxylation is 1. The smallest absolute Gasteiger partial charge is 0.118 e. The second-order valence-corrected chi connectivity index (χ2v) is 8.82. The van der Waals surface area contributed by atoms with Gasteiger partial charge in [0.15, 0.2) is 0 Å². The SMILES string of the molecule is Cc1ccc(NC2=CCc3ccn(C(C)(C)C)c3N2C(C)c2cccnc2)cc1. The predicted octanol–water partition coefficient (Wildman–Crippen LogP) is 6.02.